The molecule has 2 aromatic carbocycles. The molecule has 3 heterocycles. The zero-order valence-electron chi connectivity index (χ0n) is 15.2. The molecule has 0 N–H and O–H groups in total. The standard InChI is InChI=1S/C21H24O6/c22-21-17-1-5-19(6-2-17)26-15-13-24-11-9-23-10-12-25-14-16-27-20-7-3-18(21)4-8-20/h1-8H,9-16H2. The number of ether oxygens (including phenoxy) is 5. The fourth-order valence-corrected chi connectivity index (χ4v) is 2.55. The summed E-state index contributed by atoms with van der Waals surface area (Å²) in [5.74, 6) is 1.37. The molecule has 3 aliphatic rings. The summed E-state index contributed by atoms with van der Waals surface area (Å²) in [5, 5.41) is 0. The van der Waals surface area contributed by atoms with Gasteiger partial charge in [-0.25, -0.2) is 0 Å². The molecule has 0 saturated heterocycles. The molecule has 0 atom stereocenters. The molecular weight excluding hydrogens is 348 g/mol. The molecule has 0 aliphatic carbocycles. The van der Waals surface area contributed by atoms with Crippen LogP contribution in [0.2, 0.25) is 0 Å². The number of hydrogen-bond donors (Lipinski definition) is 0. The summed E-state index contributed by atoms with van der Waals surface area (Å²) in [4.78, 5) is 12.6. The van der Waals surface area contributed by atoms with Crippen molar-refractivity contribution in [1.29, 1.82) is 0 Å². The van der Waals surface area contributed by atoms with Gasteiger partial charge in [0.25, 0.3) is 0 Å². The minimum atomic E-state index is -0.0399. The largest absolute Gasteiger partial charge is 0.491 e. The van der Waals surface area contributed by atoms with Crippen LogP contribution < -0.4 is 9.47 Å². The van der Waals surface area contributed by atoms with Gasteiger partial charge in [-0.05, 0) is 48.5 Å². The summed E-state index contributed by atoms with van der Waals surface area (Å²) < 4.78 is 27.6. The third-order valence-corrected chi connectivity index (χ3v) is 3.97. The molecule has 6 nitrogen and oxygen atoms in total. The minimum Gasteiger partial charge on any atom is -0.491 e. The zero-order chi connectivity index (χ0) is 18.7. The van der Waals surface area contributed by atoms with Crippen LogP contribution in [0.25, 0.3) is 0 Å². The van der Waals surface area contributed by atoms with E-state index in [0.29, 0.717) is 75.5 Å². The van der Waals surface area contributed by atoms with Crippen molar-refractivity contribution in [2.75, 3.05) is 52.9 Å². The van der Waals surface area contributed by atoms with E-state index in [1.807, 2.05) is 0 Å². The van der Waals surface area contributed by atoms with Gasteiger partial charge in [0.05, 0.1) is 39.6 Å². The number of carbonyl (C=O) groups excluding carboxylic acids is 1. The van der Waals surface area contributed by atoms with Crippen LogP contribution >= 0.6 is 0 Å². The van der Waals surface area contributed by atoms with Crippen molar-refractivity contribution >= 4 is 5.78 Å². The normalized spacial score (nSPS) is 17.4. The average Bonchev–Trinajstić information content (AvgIpc) is 2.71. The molecular formula is C21H24O6. The molecule has 5 rings (SSSR count). The van der Waals surface area contributed by atoms with E-state index in [1.54, 1.807) is 48.5 Å². The summed E-state index contributed by atoms with van der Waals surface area (Å²) in [6.45, 7) is 3.89. The Kier molecular flexibility index (Phi) is 7.65. The van der Waals surface area contributed by atoms with Crippen molar-refractivity contribution in [2.45, 2.75) is 0 Å². The van der Waals surface area contributed by atoms with E-state index in [2.05, 4.69) is 0 Å². The summed E-state index contributed by atoms with van der Waals surface area (Å²) in [6.07, 6.45) is 0. The second-order valence-electron chi connectivity index (χ2n) is 5.91. The smallest absolute Gasteiger partial charge is 0.193 e. The molecule has 0 amide bonds. The Morgan fingerprint density at radius 3 is 1.19 bits per heavy atom. The van der Waals surface area contributed by atoms with E-state index in [9.17, 15) is 4.79 Å². The van der Waals surface area contributed by atoms with E-state index < -0.39 is 0 Å². The first-order chi connectivity index (χ1) is 13.3. The van der Waals surface area contributed by atoms with Gasteiger partial charge in [-0.1, -0.05) is 0 Å². The Morgan fingerprint density at radius 1 is 0.481 bits per heavy atom. The van der Waals surface area contributed by atoms with Crippen LogP contribution in [-0.2, 0) is 14.2 Å². The first kappa shape index (κ1) is 19.4. The molecule has 3 aliphatic heterocycles. The van der Waals surface area contributed by atoms with E-state index in [0.717, 1.165) is 0 Å². The van der Waals surface area contributed by atoms with Crippen LogP contribution in [0, 0.1) is 0 Å². The van der Waals surface area contributed by atoms with Gasteiger partial charge in [0, 0.05) is 11.1 Å². The number of benzene rings is 2. The summed E-state index contributed by atoms with van der Waals surface area (Å²) >= 11 is 0. The maximum atomic E-state index is 12.6. The third kappa shape index (κ3) is 6.36. The SMILES string of the molecule is O=C1c2ccc(cc2)OCCOCCOCCOCCOc2ccc1cc2. The Morgan fingerprint density at radius 2 is 0.815 bits per heavy atom. The van der Waals surface area contributed by atoms with Gasteiger partial charge in [0.1, 0.15) is 24.7 Å². The van der Waals surface area contributed by atoms with Gasteiger partial charge in [0.2, 0.25) is 0 Å². The lowest BCUT2D eigenvalue weighted by atomic mass is 10.0. The lowest BCUT2D eigenvalue weighted by Gasteiger charge is -2.10. The average molecular weight is 372 g/mol. The number of carbonyl (C=O) groups is 1. The first-order valence-corrected chi connectivity index (χ1v) is 9.06. The van der Waals surface area contributed by atoms with Gasteiger partial charge >= 0.3 is 0 Å². The first-order valence-electron chi connectivity index (χ1n) is 9.06. The van der Waals surface area contributed by atoms with Crippen molar-refractivity contribution in [3.05, 3.63) is 59.7 Å². The summed E-state index contributed by atoms with van der Waals surface area (Å²) in [7, 11) is 0. The highest BCUT2D eigenvalue weighted by molar-refractivity contribution is 6.09. The lowest BCUT2D eigenvalue weighted by Crippen LogP contribution is -2.14. The second kappa shape index (κ2) is 10.7. The van der Waals surface area contributed by atoms with Crippen LogP contribution in [0.4, 0.5) is 0 Å². The van der Waals surface area contributed by atoms with Crippen LogP contribution in [0.15, 0.2) is 48.5 Å². The van der Waals surface area contributed by atoms with Gasteiger partial charge in [-0.2, -0.15) is 0 Å². The maximum Gasteiger partial charge on any atom is 0.193 e. The van der Waals surface area contributed by atoms with Crippen LogP contribution in [0.1, 0.15) is 15.9 Å². The topological polar surface area (TPSA) is 63.2 Å². The third-order valence-electron chi connectivity index (χ3n) is 3.97. The maximum absolute atomic E-state index is 12.6. The minimum absolute atomic E-state index is 0.0399. The molecule has 2 aromatic rings. The highest BCUT2D eigenvalue weighted by Crippen LogP contribution is 2.18. The summed E-state index contributed by atoms with van der Waals surface area (Å²) in [6, 6.07) is 14.2. The molecule has 0 saturated carbocycles. The molecule has 0 unspecified atom stereocenters. The molecule has 0 fully saturated rings. The Hall–Kier alpha value is -2.41. The molecule has 0 spiro atoms. The molecule has 0 aromatic heterocycles. The molecule has 6 heteroatoms. The highest BCUT2D eigenvalue weighted by Gasteiger charge is 2.09. The number of rotatable bonds is 0. The molecule has 27 heavy (non-hydrogen) atoms. The quantitative estimate of drug-likeness (QED) is 0.709. The van der Waals surface area contributed by atoms with Gasteiger partial charge in [-0.15, -0.1) is 0 Å². The van der Waals surface area contributed by atoms with E-state index in [1.165, 1.54) is 0 Å². The van der Waals surface area contributed by atoms with Crippen molar-refractivity contribution in [3.63, 3.8) is 0 Å². The number of fused-ring (bicyclic) bond motifs is 2. The van der Waals surface area contributed by atoms with E-state index in [4.69, 9.17) is 23.7 Å². The van der Waals surface area contributed by atoms with Gasteiger partial charge in [0.15, 0.2) is 5.78 Å². The van der Waals surface area contributed by atoms with Crippen LogP contribution in [0.3, 0.4) is 0 Å². The number of hydrogen-bond acceptors (Lipinski definition) is 6. The van der Waals surface area contributed by atoms with Crippen LogP contribution in [0.5, 0.6) is 11.5 Å². The predicted molar refractivity (Wildman–Crippen MR) is 99.8 cm³/mol. The molecule has 0 radical (unpaired) electrons. The summed E-state index contributed by atoms with van der Waals surface area (Å²) in [5.41, 5.74) is 1.22. The fourth-order valence-electron chi connectivity index (χ4n) is 2.55. The monoisotopic (exact) mass is 372 g/mol. The van der Waals surface area contributed by atoms with Crippen molar-refractivity contribution < 1.29 is 28.5 Å². The molecule has 144 valence electrons. The second-order valence-corrected chi connectivity index (χ2v) is 5.91. The van der Waals surface area contributed by atoms with Crippen LogP contribution in [-0.4, -0.2) is 58.6 Å². The van der Waals surface area contributed by atoms with Crippen molar-refractivity contribution in [1.82, 2.24) is 0 Å². The fraction of sp³-hybridized carbons (Fsp3) is 0.381. The van der Waals surface area contributed by atoms with Crippen molar-refractivity contribution in [3.8, 4) is 11.5 Å². The van der Waals surface area contributed by atoms with Gasteiger partial charge < -0.3 is 23.7 Å². The highest BCUT2D eigenvalue weighted by atomic mass is 16.6. The van der Waals surface area contributed by atoms with E-state index in [-0.39, 0.29) is 5.78 Å². The molecule has 4 bridgehead atoms. The van der Waals surface area contributed by atoms with Gasteiger partial charge in [-0.3, -0.25) is 4.79 Å². The number of ketones is 1. The van der Waals surface area contributed by atoms with Crippen molar-refractivity contribution in [2.24, 2.45) is 0 Å². The Labute approximate surface area is 158 Å². The Balaban J connectivity index is 1.64. The predicted octanol–water partition coefficient (Wildman–Crippen LogP) is 2.74. The Bertz CT molecular complexity index is 636. The zero-order valence-corrected chi connectivity index (χ0v) is 15.2. The lowest BCUT2D eigenvalue weighted by molar-refractivity contribution is 0.00499. The van der Waals surface area contributed by atoms with E-state index >= 15 is 0 Å².